The van der Waals surface area contributed by atoms with Crippen molar-refractivity contribution in [2.24, 2.45) is 0 Å². The molecule has 2 aromatic carbocycles. The Bertz CT molecular complexity index is 697. The Balaban J connectivity index is 1.71. The molecule has 1 unspecified atom stereocenters. The van der Waals surface area contributed by atoms with E-state index in [1.807, 2.05) is 12.1 Å². The van der Waals surface area contributed by atoms with Crippen LogP contribution in [0.1, 0.15) is 23.6 Å². The van der Waals surface area contributed by atoms with Gasteiger partial charge in [-0.15, -0.1) is 0 Å². The molecule has 0 spiro atoms. The smallest absolute Gasteiger partial charge is 0.118 e. The van der Waals surface area contributed by atoms with Crippen molar-refractivity contribution in [3.05, 3.63) is 53.6 Å². The topological polar surface area (TPSA) is 27.7 Å². The van der Waals surface area contributed by atoms with Gasteiger partial charge in [0.15, 0.2) is 0 Å². The SMILES string of the molecule is COc1ccc(C(CNc2ccc3c(c2)CCCN3C)N(C)C)cc1. The molecule has 4 heteroatoms. The number of ether oxygens (including phenoxy) is 1. The van der Waals surface area contributed by atoms with Crippen molar-refractivity contribution in [1.29, 1.82) is 0 Å². The number of methoxy groups -OCH3 is 1. The number of likely N-dealkylation sites (N-methyl/N-ethyl adjacent to an activating group) is 1. The summed E-state index contributed by atoms with van der Waals surface area (Å²) < 4.78 is 5.27. The van der Waals surface area contributed by atoms with E-state index in [4.69, 9.17) is 4.74 Å². The normalized spacial score (nSPS) is 15.0. The maximum Gasteiger partial charge on any atom is 0.118 e. The first-order valence-corrected chi connectivity index (χ1v) is 8.97. The number of rotatable bonds is 6. The zero-order valence-corrected chi connectivity index (χ0v) is 15.7. The van der Waals surface area contributed by atoms with Crippen molar-refractivity contribution in [2.45, 2.75) is 18.9 Å². The molecular formula is C21H29N3O. The van der Waals surface area contributed by atoms with Gasteiger partial charge in [-0.2, -0.15) is 0 Å². The molecule has 0 radical (unpaired) electrons. The van der Waals surface area contributed by atoms with Crippen LogP contribution < -0.4 is 15.0 Å². The standard InChI is InChI=1S/C21H29N3O/c1-23(2)21(16-7-10-19(25-4)11-8-16)15-22-18-9-12-20-17(14-18)6-5-13-24(20)3/h7-12,14,21-22H,5-6,13,15H2,1-4H3. The van der Waals surface area contributed by atoms with Crippen molar-refractivity contribution in [2.75, 3.05) is 51.6 Å². The van der Waals surface area contributed by atoms with E-state index in [9.17, 15) is 0 Å². The maximum atomic E-state index is 5.27. The van der Waals surface area contributed by atoms with Gasteiger partial charge in [-0.05, 0) is 68.4 Å². The summed E-state index contributed by atoms with van der Waals surface area (Å²) in [5.41, 5.74) is 5.31. The molecule has 2 aromatic rings. The Labute approximate surface area is 151 Å². The van der Waals surface area contributed by atoms with Gasteiger partial charge >= 0.3 is 0 Å². The third-order valence-electron chi connectivity index (χ3n) is 5.05. The molecule has 3 rings (SSSR count). The van der Waals surface area contributed by atoms with Gasteiger partial charge in [-0.3, -0.25) is 0 Å². The molecule has 0 saturated carbocycles. The maximum absolute atomic E-state index is 5.27. The summed E-state index contributed by atoms with van der Waals surface area (Å²) in [6, 6.07) is 15.4. The first-order chi connectivity index (χ1) is 12.1. The van der Waals surface area contributed by atoms with E-state index < -0.39 is 0 Å². The highest BCUT2D eigenvalue weighted by Gasteiger charge is 2.16. The minimum absolute atomic E-state index is 0.310. The number of nitrogens with zero attached hydrogens (tertiary/aromatic N) is 2. The molecule has 0 aliphatic carbocycles. The van der Waals surface area contributed by atoms with Crippen LogP contribution in [0.4, 0.5) is 11.4 Å². The van der Waals surface area contributed by atoms with Crippen LogP contribution in [0.5, 0.6) is 5.75 Å². The molecule has 0 aromatic heterocycles. The van der Waals surface area contributed by atoms with Gasteiger partial charge in [0.25, 0.3) is 0 Å². The van der Waals surface area contributed by atoms with Crippen molar-refractivity contribution < 1.29 is 4.74 Å². The van der Waals surface area contributed by atoms with Crippen LogP contribution in [0.15, 0.2) is 42.5 Å². The number of hydrogen-bond acceptors (Lipinski definition) is 4. The lowest BCUT2D eigenvalue weighted by Crippen LogP contribution is -2.27. The van der Waals surface area contributed by atoms with Crippen LogP contribution in [0.2, 0.25) is 0 Å². The molecular weight excluding hydrogens is 310 g/mol. The minimum atomic E-state index is 0.310. The van der Waals surface area contributed by atoms with Gasteiger partial charge in [-0.1, -0.05) is 12.1 Å². The van der Waals surface area contributed by atoms with Crippen LogP contribution >= 0.6 is 0 Å². The van der Waals surface area contributed by atoms with Crippen LogP contribution in [0, 0.1) is 0 Å². The molecule has 25 heavy (non-hydrogen) atoms. The minimum Gasteiger partial charge on any atom is -0.497 e. The summed E-state index contributed by atoms with van der Waals surface area (Å²) in [7, 11) is 8.13. The quantitative estimate of drug-likeness (QED) is 0.866. The highest BCUT2D eigenvalue weighted by Crippen LogP contribution is 2.29. The Hall–Kier alpha value is -2.20. The first-order valence-electron chi connectivity index (χ1n) is 8.97. The van der Waals surface area contributed by atoms with E-state index in [2.05, 4.69) is 66.6 Å². The summed E-state index contributed by atoms with van der Waals surface area (Å²) in [6.45, 7) is 2.02. The molecule has 1 atom stereocenters. The third kappa shape index (κ3) is 4.07. The number of aryl methyl sites for hydroxylation is 1. The zero-order chi connectivity index (χ0) is 17.8. The van der Waals surface area contributed by atoms with E-state index in [0.29, 0.717) is 6.04 Å². The molecule has 134 valence electrons. The van der Waals surface area contributed by atoms with Gasteiger partial charge in [0.05, 0.1) is 13.2 Å². The largest absolute Gasteiger partial charge is 0.497 e. The van der Waals surface area contributed by atoms with Gasteiger partial charge in [0, 0.05) is 31.5 Å². The molecule has 4 nitrogen and oxygen atoms in total. The fourth-order valence-electron chi connectivity index (χ4n) is 3.53. The van der Waals surface area contributed by atoms with Crippen LogP contribution in [0.25, 0.3) is 0 Å². The van der Waals surface area contributed by atoms with E-state index in [1.165, 1.54) is 35.3 Å². The molecule has 1 heterocycles. The molecule has 1 N–H and O–H groups in total. The summed E-state index contributed by atoms with van der Waals surface area (Å²) in [4.78, 5) is 4.60. The van der Waals surface area contributed by atoms with Gasteiger partial charge < -0.3 is 19.9 Å². The summed E-state index contributed by atoms with van der Waals surface area (Å²) in [5, 5.41) is 3.63. The van der Waals surface area contributed by atoms with Gasteiger partial charge in [0.1, 0.15) is 5.75 Å². The third-order valence-corrected chi connectivity index (χ3v) is 5.05. The van der Waals surface area contributed by atoms with E-state index >= 15 is 0 Å². The Kier molecular flexibility index (Phi) is 5.49. The summed E-state index contributed by atoms with van der Waals surface area (Å²) in [5.74, 6) is 0.896. The van der Waals surface area contributed by atoms with Gasteiger partial charge in [-0.25, -0.2) is 0 Å². The number of hydrogen-bond donors (Lipinski definition) is 1. The second-order valence-electron chi connectivity index (χ2n) is 7.00. The average molecular weight is 339 g/mol. The van der Waals surface area contributed by atoms with Crippen molar-refractivity contribution >= 4 is 11.4 Å². The Morgan fingerprint density at radius 1 is 1.16 bits per heavy atom. The first kappa shape index (κ1) is 17.6. The van der Waals surface area contributed by atoms with Crippen LogP contribution in [0.3, 0.4) is 0 Å². The van der Waals surface area contributed by atoms with E-state index in [-0.39, 0.29) is 0 Å². The average Bonchev–Trinajstić information content (AvgIpc) is 2.62. The molecule has 0 bridgehead atoms. The number of anilines is 2. The number of nitrogens with one attached hydrogen (secondary N) is 1. The fraction of sp³-hybridized carbons (Fsp3) is 0.429. The second-order valence-corrected chi connectivity index (χ2v) is 7.00. The van der Waals surface area contributed by atoms with Gasteiger partial charge in [0.2, 0.25) is 0 Å². The lowest BCUT2D eigenvalue weighted by molar-refractivity contribution is 0.311. The molecule has 1 aliphatic heterocycles. The molecule has 0 saturated heterocycles. The van der Waals surface area contributed by atoms with Crippen molar-refractivity contribution in [3.63, 3.8) is 0 Å². The monoisotopic (exact) mass is 339 g/mol. The molecule has 0 fully saturated rings. The lowest BCUT2D eigenvalue weighted by Gasteiger charge is -2.29. The fourth-order valence-corrected chi connectivity index (χ4v) is 3.53. The zero-order valence-electron chi connectivity index (χ0n) is 15.7. The predicted octanol–water partition coefficient (Wildman–Crippen LogP) is 3.79. The van der Waals surface area contributed by atoms with Crippen LogP contribution in [-0.4, -0.2) is 46.2 Å². The highest BCUT2D eigenvalue weighted by molar-refractivity contribution is 5.62. The molecule has 0 amide bonds. The number of fused-ring (bicyclic) bond motifs is 1. The van der Waals surface area contributed by atoms with Crippen LogP contribution in [-0.2, 0) is 6.42 Å². The van der Waals surface area contributed by atoms with E-state index in [1.54, 1.807) is 7.11 Å². The number of benzene rings is 2. The Morgan fingerprint density at radius 2 is 1.92 bits per heavy atom. The summed E-state index contributed by atoms with van der Waals surface area (Å²) in [6.07, 6.45) is 2.41. The predicted molar refractivity (Wildman–Crippen MR) is 106 cm³/mol. The van der Waals surface area contributed by atoms with Crippen molar-refractivity contribution in [1.82, 2.24) is 4.90 Å². The van der Waals surface area contributed by atoms with E-state index in [0.717, 1.165) is 18.8 Å². The molecule has 1 aliphatic rings. The second kappa shape index (κ2) is 7.79. The highest BCUT2D eigenvalue weighted by atomic mass is 16.5. The summed E-state index contributed by atoms with van der Waals surface area (Å²) >= 11 is 0. The lowest BCUT2D eigenvalue weighted by atomic mass is 10.0. The Morgan fingerprint density at radius 3 is 2.60 bits per heavy atom. The van der Waals surface area contributed by atoms with Crippen molar-refractivity contribution in [3.8, 4) is 5.75 Å².